The molecule has 9 fully saturated rings. The molecule has 66 heavy (non-hydrogen) atoms. The molecule has 0 amide bonds. The fourth-order valence-electron chi connectivity index (χ4n) is 11.8. The Labute approximate surface area is 386 Å². The third-order valence-corrected chi connectivity index (χ3v) is 28.0. The second kappa shape index (κ2) is 17.9. The zero-order valence-corrected chi connectivity index (χ0v) is 40.5. The van der Waals surface area contributed by atoms with Crippen molar-refractivity contribution in [3.63, 3.8) is 0 Å². The molecular weight excluding hydrogens is 913 g/mol. The molecule has 2 aromatic carbocycles. The molecule has 9 saturated heterocycles. The van der Waals surface area contributed by atoms with Crippen LogP contribution in [0.2, 0.25) is 0 Å². The monoisotopic (exact) mass is 977 g/mol. The van der Waals surface area contributed by atoms with Gasteiger partial charge in [-0.05, 0) is 35.4 Å². The molecule has 0 N–H and O–H groups in total. The first kappa shape index (κ1) is 45.6. The molecule has 0 atom stereocenters. The predicted molar refractivity (Wildman–Crippen MR) is 243 cm³/mol. The van der Waals surface area contributed by atoms with Crippen LogP contribution in [0.4, 0.5) is 8.78 Å². The first-order valence-electron chi connectivity index (χ1n) is 24.2. The number of nitrogens with zero attached hydrogens (tertiary/aromatic N) is 9. The van der Waals surface area contributed by atoms with Crippen molar-refractivity contribution in [1.29, 1.82) is 0 Å². The van der Waals surface area contributed by atoms with Crippen molar-refractivity contribution in [3.05, 3.63) is 71.3 Å². The van der Waals surface area contributed by atoms with Crippen LogP contribution in [0, 0.1) is 11.6 Å². The fraction of sp³-hybridized carbons (Fsp3) is 0.727. The SMILES string of the molecule is Fc1ccc(CN2CCN(Cc3ccc(F)cc3)P23=NP(N2CCC4(CC2)OCCO4)(N2CCC4(CC2)OCCO4)=NP(N2CCC4(CC2)OCCO4)(N2CCC4(CC2)OCCO4)=N3)cc1. The summed E-state index contributed by atoms with van der Waals surface area (Å²) in [6.07, 6.45) is 5.65. The van der Waals surface area contributed by atoms with Crippen LogP contribution < -0.4 is 0 Å². The maximum absolute atomic E-state index is 14.6. The smallest absolute Gasteiger partial charge is 0.221 e. The lowest BCUT2D eigenvalue weighted by Crippen LogP contribution is -2.51. The maximum Gasteiger partial charge on any atom is 0.221 e. The van der Waals surface area contributed by atoms with Crippen LogP contribution in [-0.4, -0.2) is 169 Å². The van der Waals surface area contributed by atoms with E-state index in [1.807, 2.05) is 24.3 Å². The van der Waals surface area contributed by atoms with Gasteiger partial charge >= 0.3 is 0 Å². The highest BCUT2D eigenvalue weighted by molar-refractivity contribution is 7.83. The zero-order valence-electron chi connectivity index (χ0n) is 37.8. The molecule has 5 spiro atoms. The van der Waals surface area contributed by atoms with E-state index in [0.717, 1.165) is 11.1 Å². The van der Waals surface area contributed by atoms with E-state index in [2.05, 4.69) is 28.0 Å². The number of hydrogen-bond acceptors (Lipinski definition) is 17. The Morgan fingerprint density at radius 2 is 0.606 bits per heavy atom. The Balaban J connectivity index is 1.08. The molecule has 10 aliphatic heterocycles. The Hall–Kier alpha value is -1.57. The summed E-state index contributed by atoms with van der Waals surface area (Å²) in [4.78, 5) is 0. The first-order chi connectivity index (χ1) is 32.1. The zero-order chi connectivity index (χ0) is 44.5. The van der Waals surface area contributed by atoms with Gasteiger partial charge in [0.05, 0.1) is 52.9 Å². The lowest BCUT2D eigenvalue weighted by atomic mass is 10.1. The van der Waals surface area contributed by atoms with Gasteiger partial charge in [0, 0.05) is 130 Å². The molecule has 10 heterocycles. The minimum Gasteiger partial charge on any atom is -0.347 e. The van der Waals surface area contributed by atoms with Gasteiger partial charge < -0.3 is 37.9 Å². The van der Waals surface area contributed by atoms with E-state index >= 15 is 0 Å². The molecule has 10 aliphatic rings. The quantitative estimate of drug-likeness (QED) is 0.242. The summed E-state index contributed by atoms with van der Waals surface area (Å²) in [5, 5.41) is 0. The normalized spacial score (nSPS) is 30.7. The van der Waals surface area contributed by atoms with Crippen molar-refractivity contribution in [3.8, 4) is 0 Å². The van der Waals surface area contributed by atoms with Crippen LogP contribution in [-0.2, 0) is 51.0 Å². The Bertz CT molecular complexity index is 2020. The minimum absolute atomic E-state index is 0.268. The van der Waals surface area contributed by atoms with Crippen LogP contribution in [0.3, 0.4) is 0 Å². The second-order valence-corrected chi connectivity index (χ2v) is 27.9. The van der Waals surface area contributed by atoms with Gasteiger partial charge in [0.1, 0.15) is 11.6 Å². The largest absolute Gasteiger partial charge is 0.347 e. The number of halogens is 2. The first-order valence-corrected chi connectivity index (χ1v) is 29.0. The van der Waals surface area contributed by atoms with Crippen molar-refractivity contribution < 1.29 is 46.7 Å². The Kier molecular flexibility index (Phi) is 12.4. The summed E-state index contributed by atoms with van der Waals surface area (Å²) < 4.78 is 115. The summed E-state index contributed by atoms with van der Waals surface area (Å²) in [7, 11) is -9.35. The fourth-order valence-corrected chi connectivity index (χ4v) is 27.9. The van der Waals surface area contributed by atoms with Crippen LogP contribution >= 0.6 is 22.5 Å². The van der Waals surface area contributed by atoms with Crippen molar-refractivity contribution >= 4 is 22.5 Å². The van der Waals surface area contributed by atoms with Crippen LogP contribution in [0.1, 0.15) is 62.5 Å². The third kappa shape index (κ3) is 8.21. The summed E-state index contributed by atoms with van der Waals surface area (Å²) in [6.45, 7) is 12.8. The van der Waals surface area contributed by atoms with E-state index < -0.39 is 45.7 Å². The van der Waals surface area contributed by atoms with Crippen molar-refractivity contribution in [2.75, 3.05) is 118 Å². The van der Waals surface area contributed by atoms with E-state index in [4.69, 9.17) is 51.4 Å². The lowest BCUT2D eigenvalue weighted by Gasteiger charge is -2.55. The molecule has 2 aromatic rings. The van der Waals surface area contributed by atoms with Crippen LogP contribution in [0.15, 0.2) is 62.1 Å². The second-order valence-electron chi connectivity index (χ2n) is 19.2. The Morgan fingerprint density at radius 3 is 0.879 bits per heavy atom. The molecule has 0 aliphatic carbocycles. The molecule has 22 heteroatoms. The highest BCUT2D eigenvalue weighted by Crippen LogP contribution is 2.85. The van der Waals surface area contributed by atoms with Gasteiger partial charge in [-0.25, -0.2) is 36.8 Å². The van der Waals surface area contributed by atoms with Gasteiger partial charge in [-0.2, -0.15) is 13.5 Å². The van der Waals surface area contributed by atoms with Gasteiger partial charge in [-0.15, -0.1) is 0 Å². The predicted octanol–water partition coefficient (Wildman–Crippen LogP) is 7.49. The number of piperidine rings is 4. The highest BCUT2D eigenvalue weighted by Gasteiger charge is 2.58. The average Bonchev–Trinajstić information content (AvgIpc) is 4.22. The number of benzene rings is 2. The van der Waals surface area contributed by atoms with Crippen LogP contribution in [0.25, 0.3) is 0 Å². The van der Waals surface area contributed by atoms with Crippen molar-refractivity contribution in [2.24, 2.45) is 13.5 Å². The van der Waals surface area contributed by atoms with Gasteiger partial charge in [-0.3, -0.25) is 0 Å². The number of ether oxygens (including phenoxy) is 8. The van der Waals surface area contributed by atoms with Crippen molar-refractivity contribution in [2.45, 2.75) is 87.6 Å². The number of rotatable bonds is 8. The summed E-state index contributed by atoms with van der Waals surface area (Å²) in [6, 6.07) is 13.8. The van der Waals surface area contributed by atoms with E-state index in [1.165, 1.54) is 0 Å². The molecule has 362 valence electrons. The maximum atomic E-state index is 14.6. The summed E-state index contributed by atoms with van der Waals surface area (Å²) in [5.41, 5.74) is 1.99. The van der Waals surface area contributed by atoms with Gasteiger partial charge in [0.15, 0.2) is 23.1 Å². The molecule has 0 radical (unpaired) electrons. The summed E-state index contributed by atoms with van der Waals surface area (Å²) >= 11 is 0. The van der Waals surface area contributed by atoms with E-state index in [1.54, 1.807) is 24.3 Å². The number of hydrogen-bond donors (Lipinski definition) is 0. The average molecular weight is 978 g/mol. The highest BCUT2D eigenvalue weighted by atomic mass is 31.3. The molecule has 0 aromatic heterocycles. The molecule has 0 bridgehead atoms. The van der Waals surface area contributed by atoms with E-state index in [9.17, 15) is 8.78 Å². The standard InChI is InChI=1S/C44H64F2N9O8P3/c45-39-5-1-37(2-6-39)35-54-25-26-55(36-38-3-7-40(46)8-4-38)66(54)48-64(50-17-9-41(10-18-50)56-27-28-57-41,51-19-11-42(12-20-51)58-29-30-59-42)47-65(49-66,52-21-13-43(14-22-52)60-31-32-61-43)53-23-15-44(16-24-53)62-33-34-63-44/h1-8H,9-36H2. The van der Waals surface area contributed by atoms with Gasteiger partial charge in [0.25, 0.3) is 0 Å². The molecular formula is C44H64F2N9O8P3. The summed E-state index contributed by atoms with van der Waals surface area (Å²) in [5.74, 6) is -2.99. The lowest BCUT2D eigenvalue weighted by molar-refractivity contribution is -0.182. The molecule has 17 nitrogen and oxygen atoms in total. The minimum atomic E-state index is -3.14. The Morgan fingerprint density at radius 1 is 0.364 bits per heavy atom. The van der Waals surface area contributed by atoms with Gasteiger partial charge in [-0.1, -0.05) is 24.3 Å². The van der Waals surface area contributed by atoms with Gasteiger partial charge in [0.2, 0.25) is 22.5 Å². The van der Waals surface area contributed by atoms with Crippen molar-refractivity contribution in [1.82, 2.24) is 28.0 Å². The molecule has 0 saturated carbocycles. The molecule has 0 unspecified atom stereocenters. The molecule has 12 rings (SSSR count). The third-order valence-electron chi connectivity index (χ3n) is 15.4. The van der Waals surface area contributed by atoms with Crippen LogP contribution in [0.5, 0.6) is 0 Å². The van der Waals surface area contributed by atoms with E-state index in [0.29, 0.717) is 183 Å². The topological polar surface area (TPSA) is 130 Å². The van der Waals surface area contributed by atoms with E-state index in [-0.39, 0.29) is 11.6 Å².